The summed E-state index contributed by atoms with van der Waals surface area (Å²) in [4.78, 5) is 11.4. The molecule has 0 atom stereocenters. The molecular weight excluding hydrogens is 228 g/mol. The second kappa shape index (κ2) is 6.52. The molecule has 4 nitrogen and oxygen atoms in total. The molecule has 0 heterocycles. The van der Waals surface area contributed by atoms with E-state index in [0.717, 1.165) is 18.3 Å². The van der Waals surface area contributed by atoms with E-state index in [1.54, 1.807) is 0 Å². The number of carbonyl (C=O) groups excluding carboxylic acids is 1. The maximum atomic E-state index is 11.4. The highest BCUT2D eigenvalue weighted by molar-refractivity contribution is 5.91. The fraction of sp³-hybridized carbons (Fsp3) is 0.500. The van der Waals surface area contributed by atoms with E-state index in [1.165, 1.54) is 18.4 Å². The lowest BCUT2D eigenvalue weighted by Crippen LogP contribution is -2.18. The molecule has 1 amide bonds. The zero-order chi connectivity index (χ0) is 12.8. The summed E-state index contributed by atoms with van der Waals surface area (Å²) in [7, 11) is 0. The number of rotatable bonds is 7. The van der Waals surface area contributed by atoms with Crippen molar-refractivity contribution in [2.45, 2.75) is 32.4 Å². The average molecular weight is 248 g/mol. The number of hydrogen-bond donors (Lipinski definition) is 2. The number of nitrogens with one attached hydrogen (secondary N) is 2. The molecule has 1 aromatic rings. The summed E-state index contributed by atoms with van der Waals surface area (Å²) in [5.74, 6) is -0.110. The van der Waals surface area contributed by atoms with E-state index < -0.39 is 0 Å². The highest BCUT2D eigenvalue weighted by atomic mass is 16.5. The summed E-state index contributed by atoms with van der Waals surface area (Å²) in [6.45, 7) is 3.44. The molecule has 0 aromatic heterocycles. The Kier molecular flexibility index (Phi) is 4.73. The first-order valence-electron chi connectivity index (χ1n) is 6.48. The third kappa shape index (κ3) is 4.47. The minimum atomic E-state index is -0.110. The van der Waals surface area contributed by atoms with E-state index in [9.17, 15) is 4.79 Å². The molecule has 1 fully saturated rings. The topological polar surface area (TPSA) is 50.4 Å². The molecule has 2 rings (SSSR count). The lowest BCUT2D eigenvalue weighted by Gasteiger charge is -2.07. The van der Waals surface area contributed by atoms with Crippen LogP contribution in [0.5, 0.6) is 0 Å². The van der Waals surface area contributed by atoms with Gasteiger partial charge in [0.1, 0.15) is 6.61 Å². The lowest BCUT2D eigenvalue weighted by atomic mass is 10.2. The maximum absolute atomic E-state index is 11.4. The second-order valence-corrected chi connectivity index (χ2v) is 4.54. The smallest absolute Gasteiger partial charge is 0.250 e. The Bertz CT molecular complexity index is 385. The molecule has 1 aromatic carbocycles. The summed E-state index contributed by atoms with van der Waals surface area (Å²) in [6, 6.07) is 8.63. The van der Waals surface area contributed by atoms with Gasteiger partial charge in [0.05, 0.1) is 0 Å². The van der Waals surface area contributed by atoms with Crippen LogP contribution in [0.3, 0.4) is 0 Å². The Balaban J connectivity index is 1.77. The fourth-order valence-electron chi connectivity index (χ4n) is 1.65. The van der Waals surface area contributed by atoms with Gasteiger partial charge in [-0.25, -0.2) is 0 Å². The van der Waals surface area contributed by atoms with E-state index in [-0.39, 0.29) is 12.5 Å². The third-order valence-electron chi connectivity index (χ3n) is 2.85. The number of anilines is 1. The number of hydrogen-bond acceptors (Lipinski definition) is 3. The Morgan fingerprint density at radius 3 is 2.67 bits per heavy atom. The van der Waals surface area contributed by atoms with Gasteiger partial charge in [0, 0.05) is 24.9 Å². The van der Waals surface area contributed by atoms with Crippen LogP contribution in [0.15, 0.2) is 24.3 Å². The Morgan fingerprint density at radius 1 is 1.33 bits per heavy atom. The fourth-order valence-corrected chi connectivity index (χ4v) is 1.65. The first-order chi connectivity index (χ1) is 8.78. The summed E-state index contributed by atoms with van der Waals surface area (Å²) in [5, 5.41) is 6.25. The molecular formula is C14H20N2O2. The summed E-state index contributed by atoms with van der Waals surface area (Å²) in [6.07, 6.45) is 2.59. The van der Waals surface area contributed by atoms with E-state index in [4.69, 9.17) is 4.74 Å². The SMILES string of the molecule is CCOCC(=O)Nc1ccc(CNC2CC2)cc1. The van der Waals surface area contributed by atoms with Crippen molar-refractivity contribution in [3.63, 3.8) is 0 Å². The van der Waals surface area contributed by atoms with Gasteiger partial charge in [-0.2, -0.15) is 0 Å². The van der Waals surface area contributed by atoms with Crippen molar-refractivity contribution in [1.29, 1.82) is 0 Å². The summed E-state index contributed by atoms with van der Waals surface area (Å²) in [5.41, 5.74) is 2.06. The highest BCUT2D eigenvalue weighted by Crippen LogP contribution is 2.19. The van der Waals surface area contributed by atoms with Crippen LogP contribution in [0, 0.1) is 0 Å². The Morgan fingerprint density at radius 2 is 2.06 bits per heavy atom. The largest absolute Gasteiger partial charge is 0.372 e. The number of carbonyl (C=O) groups is 1. The van der Waals surface area contributed by atoms with Crippen molar-refractivity contribution in [1.82, 2.24) is 5.32 Å². The van der Waals surface area contributed by atoms with Crippen LogP contribution in [-0.4, -0.2) is 25.2 Å². The van der Waals surface area contributed by atoms with Crippen LogP contribution in [0.4, 0.5) is 5.69 Å². The second-order valence-electron chi connectivity index (χ2n) is 4.54. The predicted molar refractivity (Wildman–Crippen MR) is 71.4 cm³/mol. The summed E-state index contributed by atoms with van der Waals surface area (Å²) < 4.78 is 5.04. The van der Waals surface area contributed by atoms with E-state index in [2.05, 4.69) is 10.6 Å². The monoisotopic (exact) mass is 248 g/mol. The Hall–Kier alpha value is -1.39. The standard InChI is InChI=1S/C14H20N2O2/c1-2-18-10-14(17)16-13-5-3-11(4-6-13)9-15-12-7-8-12/h3-6,12,15H,2,7-10H2,1H3,(H,16,17). The van der Waals surface area contributed by atoms with Crippen LogP contribution in [-0.2, 0) is 16.1 Å². The van der Waals surface area contributed by atoms with Gasteiger partial charge in [-0.1, -0.05) is 12.1 Å². The van der Waals surface area contributed by atoms with Crippen molar-refractivity contribution in [2.24, 2.45) is 0 Å². The van der Waals surface area contributed by atoms with Crippen molar-refractivity contribution >= 4 is 11.6 Å². The van der Waals surface area contributed by atoms with Crippen molar-refractivity contribution in [2.75, 3.05) is 18.5 Å². The van der Waals surface area contributed by atoms with Crippen LogP contribution < -0.4 is 10.6 Å². The summed E-state index contributed by atoms with van der Waals surface area (Å²) >= 11 is 0. The molecule has 1 saturated carbocycles. The predicted octanol–water partition coefficient (Wildman–Crippen LogP) is 1.91. The molecule has 1 aliphatic carbocycles. The van der Waals surface area contributed by atoms with Gasteiger partial charge in [0.2, 0.25) is 5.91 Å². The van der Waals surface area contributed by atoms with Gasteiger partial charge >= 0.3 is 0 Å². The Labute approximate surface area is 108 Å². The van der Waals surface area contributed by atoms with Crippen molar-refractivity contribution < 1.29 is 9.53 Å². The van der Waals surface area contributed by atoms with Crippen LogP contribution in [0.25, 0.3) is 0 Å². The zero-order valence-corrected chi connectivity index (χ0v) is 10.7. The molecule has 0 spiro atoms. The van der Waals surface area contributed by atoms with E-state index in [0.29, 0.717) is 6.61 Å². The molecule has 0 aliphatic heterocycles. The van der Waals surface area contributed by atoms with Crippen molar-refractivity contribution in [3.05, 3.63) is 29.8 Å². The van der Waals surface area contributed by atoms with Gasteiger partial charge in [0.25, 0.3) is 0 Å². The highest BCUT2D eigenvalue weighted by Gasteiger charge is 2.19. The molecule has 18 heavy (non-hydrogen) atoms. The van der Waals surface area contributed by atoms with E-state index >= 15 is 0 Å². The molecule has 2 N–H and O–H groups in total. The zero-order valence-electron chi connectivity index (χ0n) is 10.7. The third-order valence-corrected chi connectivity index (χ3v) is 2.85. The van der Waals surface area contributed by atoms with Crippen LogP contribution >= 0.6 is 0 Å². The van der Waals surface area contributed by atoms with Crippen molar-refractivity contribution in [3.8, 4) is 0 Å². The van der Waals surface area contributed by atoms with Crippen LogP contribution in [0.1, 0.15) is 25.3 Å². The normalized spacial score (nSPS) is 14.5. The van der Waals surface area contributed by atoms with Gasteiger partial charge in [0.15, 0.2) is 0 Å². The minimum absolute atomic E-state index is 0.110. The van der Waals surface area contributed by atoms with Gasteiger partial charge in [-0.3, -0.25) is 4.79 Å². The van der Waals surface area contributed by atoms with Gasteiger partial charge in [-0.05, 0) is 37.5 Å². The minimum Gasteiger partial charge on any atom is -0.372 e. The molecule has 0 unspecified atom stereocenters. The quantitative estimate of drug-likeness (QED) is 0.775. The lowest BCUT2D eigenvalue weighted by molar-refractivity contribution is -0.120. The first kappa shape index (κ1) is 13.1. The van der Waals surface area contributed by atoms with Gasteiger partial charge < -0.3 is 15.4 Å². The van der Waals surface area contributed by atoms with Gasteiger partial charge in [-0.15, -0.1) is 0 Å². The molecule has 0 radical (unpaired) electrons. The van der Waals surface area contributed by atoms with E-state index in [1.807, 2.05) is 31.2 Å². The molecule has 0 saturated heterocycles. The average Bonchev–Trinajstić information content (AvgIpc) is 3.20. The number of benzene rings is 1. The molecule has 1 aliphatic rings. The first-order valence-corrected chi connectivity index (χ1v) is 6.48. The van der Waals surface area contributed by atoms with Crippen LogP contribution in [0.2, 0.25) is 0 Å². The molecule has 0 bridgehead atoms. The molecule has 98 valence electrons. The molecule has 4 heteroatoms. The number of ether oxygens (including phenoxy) is 1. The maximum Gasteiger partial charge on any atom is 0.250 e. The number of amides is 1.